The summed E-state index contributed by atoms with van der Waals surface area (Å²) in [5.41, 5.74) is 0. The van der Waals surface area contributed by atoms with Crippen LogP contribution in [0.5, 0.6) is 0 Å². The summed E-state index contributed by atoms with van der Waals surface area (Å²) in [5.74, 6) is 0. The van der Waals surface area contributed by atoms with E-state index >= 15 is 0 Å². The highest BCUT2D eigenvalue weighted by Crippen LogP contribution is 2.15. The van der Waals surface area contributed by atoms with Gasteiger partial charge in [-0.3, -0.25) is 0 Å². The van der Waals surface area contributed by atoms with Gasteiger partial charge in [-0.1, -0.05) is 182 Å². The first kappa shape index (κ1) is 29.7. The highest BCUT2D eigenvalue weighted by Gasteiger charge is 2.46. The Hall–Kier alpha value is -4.33. The lowest BCUT2D eigenvalue weighted by molar-refractivity contribution is 0.427. The van der Waals surface area contributed by atoms with Crippen molar-refractivity contribution in [2.75, 3.05) is 27.2 Å². The Balaban J connectivity index is 1.48. The van der Waals surface area contributed by atoms with Crippen LogP contribution in [-0.2, 0) is 0 Å². The van der Waals surface area contributed by atoms with Gasteiger partial charge in [0, 0.05) is 13.1 Å². The lowest BCUT2D eigenvalue weighted by Gasteiger charge is -2.45. The fourth-order valence-electron chi connectivity index (χ4n) is 7.03. The van der Waals surface area contributed by atoms with E-state index in [9.17, 15) is 0 Å². The second kappa shape index (κ2) is 13.5. The molecule has 2 nitrogen and oxygen atoms in total. The second-order valence-corrected chi connectivity index (χ2v) is 19.3. The van der Waals surface area contributed by atoms with Crippen LogP contribution in [0.15, 0.2) is 182 Å². The molecule has 0 N–H and O–H groups in total. The lowest BCUT2D eigenvalue weighted by Crippen LogP contribution is -2.79. The van der Waals surface area contributed by atoms with Crippen molar-refractivity contribution in [3.05, 3.63) is 182 Å². The fraction of sp³-hybridized carbons (Fsp3) is 0.100. The maximum absolute atomic E-state index is 2.70. The Kier molecular flexibility index (Phi) is 9.15. The van der Waals surface area contributed by atoms with Crippen molar-refractivity contribution in [3.63, 3.8) is 0 Å². The number of hydrogen-bond donors (Lipinski definition) is 0. The molecule has 0 amide bonds. The molecule has 0 saturated heterocycles. The van der Waals surface area contributed by atoms with E-state index in [1.807, 2.05) is 0 Å². The SMILES string of the molecule is CN(CCN(C)[Si](c1ccccc1)(c1ccccc1)c1ccccc1)[Si](c1ccccc1)(c1ccccc1)c1ccccc1. The zero-order chi connectivity index (χ0) is 30.2. The maximum atomic E-state index is 2.70. The van der Waals surface area contributed by atoms with Gasteiger partial charge in [-0.15, -0.1) is 0 Å². The van der Waals surface area contributed by atoms with Crippen LogP contribution < -0.4 is 31.1 Å². The van der Waals surface area contributed by atoms with E-state index in [0.717, 1.165) is 13.1 Å². The quantitative estimate of drug-likeness (QED) is 0.162. The minimum atomic E-state index is -2.57. The van der Waals surface area contributed by atoms with Gasteiger partial charge in [-0.25, -0.2) is 0 Å². The smallest absolute Gasteiger partial charge is 0.224 e. The Labute approximate surface area is 265 Å². The predicted octanol–water partition coefficient (Wildman–Crippen LogP) is 4.18. The third kappa shape index (κ3) is 5.42. The molecule has 0 unspecified atom stereocenters. The molecule has 0 aliphatic rings. The van der Waals surface area contributed by atoms with Gasteiger partial charge in [0.15, 0.2) is 0 Å². The van der Waals surface area contributed by atoms with Crippen molar-refractivity contribution < 1.29 is 0 Å². The molecule has 6 rings (SSSR count). The first-order chi connectivity index (χ1) is 21.7. The standard InChI is InChI=1S/C40H40N2Si2/c1-41(43(35-21-9-3-10-22-35,36-23-11-4-12-24-36)37-25-13-5-14-26-37)33-34-42(2)44(38-27-15-6-16-28-38,39-29-17-7-18-30-39)40-31-19-8-20-32-40/h3-32H,33-34H2,1-2H3. The van der Waals surface area contributed by atoms with Gasteiger partial charge < -0.3 is 9.13 Å². The first-order valence-corrected chi connectivity index (χ1v) is 19.3. The molecule has 44 heavy (non-hydrogen) atoms. The number of rotatable bonds is 11. The predicted molar refractivity (Wildman–Crippen MR) is 193 cm³/mol. The topological polar surface area (TPSA) is 6.48 Å². The summed E-state index contributed by atoms with van der Waals surface area (Å²) in [7, 11) is -0.436. The number of hydrogen-bond acceptors (Lipinski definition) is 2. The normalized spacial score (nSPS) is 12.0. The maximum Gasteiger partial charge on any atom is 0.224 e. The van der Waals surface area contributed by atoms with E-state index in [0.29, 0.717) is 0 Å². The average molecular weight is 605 g/mol. The molecule has 0 aliphatic carbocycles. The van der Waals surface area contributed by atoms with E-state index in [4.69, 9.17) is 0 Å². The second-order valence-electron chi connectivity index (χ2n) is 11.5. The van der Waals surface area contributed by atoms with Crippen LogP contribution in [0.4, 0.5) is 0 Å². The molecule has 0 spiro atoms. The van der Waals surface area contributed by atoms with Gasteiger partial charge in [0.2, 0.25) is 16.5 Å². The van der Waals surface area contributed by atoms with Crippen molar-refractivity contribution in [2.45, 2.75) is 0 Å². The van der Waals surface area contributed by atoms with Crippen molar-refractivity contribution in [3.8, 4) is 0 Å². The molecule has 4 heteroatoms. The molecule has 0 aliphatic heterocycles. The zero-order valence-corrected chi connectivity index (χ0v) is 27.6. The highest BCUT2D eigenvalue weighted by molar-refractivity contribution is 7.10. The molecule has 0 atom stereocenters. The van der Waals surface area contributed by atoms with Crippen molar-refractivity contribution >= 4 is 47.6 Å². The Morgan fingerprint density at radius 1 is 0.295 bits per heavy atom. The van der Waals surface area contributed by atoms with Gasteiger partial charge in [-0.2, -0.15) is 0 Å². The molecule has 0 bridgehead atoms. The molecule has 0 heterocycles. The first-order valence-electron chi connectivity index (χ1n) is 15.4. The molecule has 0 aromatic heterocycles. The molecular weight excluding hydrogens is 565 g/mol. The van der Waals surface area contributed by atoms with Crippen LogP contribution in [0.2, 0.25) is 0 Å². The summed E-state index contributed by atoms with van der Waals surface area (Å²) >= 11 is 0. The minimum Gasteiger partial charge on any atom is -0.315 e. The Morgan fingerprint density at radius 2 is 0.455 bits per heavy atom. The van der Waals surface area contributed by atoms with Crippen molar-refractivity contribution in [2.24, 2.45) is 0 Å². The van der Waals surface area contributed by atoms with Crippen LogP contribution in [-0.4, -0.2) is 52.8 Å². The van der Waals surface area contributed by atoms with E-state index in [1.54, 1.807) is 0 Å². The Morgan fingerprint density at radius 3 is 0.614 bits per heavy atom. The van der Waals surface area contributed by atoms with Crippen LogP contribution in [0.1, 0.15) is 0 Å². The molecule has 0 radical (unpaired) electrons. The summed E-state index contributed by atoms with van der Waals surface area (Å²) in [6.07, 6.45) is 0. The summed E-state index contributed by atoms with van der Waals surface area (Å²) in [6.45, 7) is 1.84. The third-order valence-corrected chi connectivity index (χ3v) is 18.8. The summed E-state index contributed by atoms with van der Waals surface area (Å²) in [4.78, 5) is 0. The van der Waals surface area contributed by atoms with E-state index in [2.05, 4.69) is 205 Å². The average Bonchev–Trinajstić information content (AvgIpc) is 3.11. The van der Waals surface area contributed by atoms with Gasteiger partial charge in [0.1, 0.15) is 0 Å². The van der Waals surface area contributed by atoms with E-state index in [1.165, 1.54) is 31.1 Å². The van der Waals surface area contributed by atoms with Crippen LogP contribution in [0.25, 0.3) is 0 Å². The minimum absolute atomic E-state index is 0.919. The third-order valence-electron chi connectivity index (χ3n) is 9.07. The van der Waals surface area contributed by atoms with Crippen LogP contribution in [0, 0.1) is 0 Å². The van der Waals surface area contributed by atoms with E-state index in [-0.39, 0.29) is 0 Å². The molecule has 6 aromatic rings. The lowest BCUT2D eigenvalue weighted by atomic mass is 10.3. The largest absolute Gasteiger partial charge is 0.315 e. The fourth-order valence-corrected chi connectivity index (χ4v) is 16.6. The summed E-state index contributed by atoms with van der Waals surface area (Å²) in [6, 6.07) is 67.2. The molecule has 6 aromatic carbocycles. The summed E-state index contributed by atoms with van der Waals surface area (Å²) < 4.78 is 5.40. The monoisotopic (exact) mass is 604 g/mol. The van der Waals surface area contributed by atoms with Gasteiger partial charge in [0.05, 0.1) is 0 Å². The van der Waals surface area contributed by atoms with Gasteiger partial charge in [0.25, 0.3) is 0 Å². The van der Waals surface area contributed by atoms with Crippen LogP contribution in [0.3, 0.4) is 0 Å². The number of likely N-dealkylation sites (N-methyl/N-ethyl adjacent to an activating group) is 2. The highest BCUT2D eigenvalue weighted by atomic mass is 28.3. The van der Waals surface area contributed by atoms with Crippen LogP contribution >= 0.6 is 0 Å². The summed E-state index contributed by atoms with van der Waals surface area (Å²) in [5, 5.41) is 8.42. The van der Waals surface area contributed by atoms with Crippen molar-refractivity contribution in [1.29, 1.82) is 0 Å². The molecule has 0 fully saturated rings. The van der Waals surface area contributed by atoms with Gasteiger partial charge in [-0.05, 0) is 45.2 Å². The molecular formula is C40H40N2Si2. The van der Waals surface area contributed by atoms with Crippen molar-refractivity contribution in [1.82, 2.24) is 9.13 Å². The molecule has 0 saturated carbocycles. The molecule has 218 valence electrons. The van der Waals surface area contributed by atoms with E-state index < -0.39 is 16.5 Å². The zero-order valence-electron chi connectivity index (χ0n) is 25.6. The number of benzene rings is 6. The number of nitrogens with zero attached hydrogens (tertiary/aromatic N) is 2. The Bertz CT molecular complexity index is 1390. The van der Waals surface area contributed by atoms with Gasteiger partial charge >= 0.3 is 0 Å².